The zero-order valence-corrected chi connectivity index (χ0v) is 10.6. The molecule has 0 aliphatic heterocycles. The summed E-state index contributed by atoms with van der Waals surface area (Å²) in [6, 6.07) is 8.05. The summed E-state index contributed by atoms with van der Waals surface area (Å²) in [5.41, 5.74) is 2.20. The van der Waals surface area contributed by atoms with Gasteiger partial charge in [0.05, 0.1) is 6.42 Å². The molecule has 1 aromatic carbocycles. The van der Waals surface area contributed by atoms with Gasteiger partial charge in [-0.25, -0.2) is 0 Å². The number of benzene rings is 1. The Kier molecular flexibility index (Phi) is 4.15. The van der Waals surface area contributed by atoms with Crippen LogP contribution in [0.2, 0.25) is 0 Å². The van der Waals surface area contributed by atoms with Crippen molar-refractivity contribution in [2.24, 2.45) is 5.92 Å². The van der Waals surface area contributed by atoms with Gasteiger partial charge >= 0.3 is 0 Å². The Bertz CT molecular complexity index is 454. The fourth-order valence-corrected chi connectivity index (χ4v) is 2.28. The van der Waals surface area contributed by atoms with Crippen LogP contribution < -0.4 is 5.32 Å². The molecule has 1 aliphatic rings. The van der Waals surface area contributed by atoms with Gasteiger partial charge in [-0.2, -0.15) is 0 Å². The minimum absolute atomic E-state index is 0.0360. The van der Waals surface area contributed by atoms with Crippen molar-refractivity contribution in [3.8, 4) is 0 Å². The number of amides is 1. The van der Waals surface area contributed by atoms with Crippen molar-refractivity contribution >= 4 is 5.91 Å². The quantitative estimate of drug-likeness (QED) is 0.791. The van der Waals surface area contributed by atoms with Crippen LogP contribution in [-0.2, 0) is 11.2 Å². The molecule has 3 nitrogen and oxygen atoms in total. The average Bonchev–Trinajstić information content (AvgIpc) is 2.76. The Labute approximate surface area is 108 Å². The fourth-order valence-electron chi connectivity index (χ4n) is 2.28. The molecule has 2 atom stereocenters. The first-order valence-electron chi connectivity index (χ1n) is 6.31. The van der Waals surface area contributed by atoms with Crippen LogP contribution >= 0.6 is 0 Å². The molecule has 1 aromatic rings. The maximum Gasteiger partial charge on any atom is 0.224 e. The van der Waals surface area contributed by atoms with Gasteiger partial charge in [0, 0.05) is 18.6 Å². The molecular weight excluding hydrogens is 226 g/mol. The standard InChI is InChI=1S/C15H19NO2/c1-11-3-2-4-12(7-11)9-15(18)16-14-6-5-13(8-14)10-17/h2-7,13-14,17H,8-10H2,1H3,(H,16,18)/t13-,14+/m0/s1. The summed E-state index contributed by atoms with van der Waals surface area (Å²) in [5, 5.41) is 12.0. The lowest BCUT2D eigenvalue weighted by Crippen LogP contribution is -2.34. The van der Waals surface area contributed by atoms with Crippen molar-refractivity contribution in [1.82, 2.24) is 5.32 Å². The van der Waals surface area contributed by atoms with Crippen molar-refractivity contribution in [2.45, 2.75) is 25.8 Å². The zero-order valence-electron chi connectivity index (χ0n) is 10.6. The van der Waals surface area contributed by atoms with E-state index in [9.17, 15) is 4.79 Å². The number of carbonyl (C=O) groups is 1. The van der Waals surface area contributed by atoms with Crippen molar-refractivity contribution < 1.29 is 9.90 Å². The molecule has 2 rings (SSSR count). The van der Waals surface area contributed by atoms with Crippen molar-refractivity contribution in [1.29, 1.82) is 0 Å². The first kappa shape index (κ1) is 12.8. The molecular formula is C15H19NO2. The predicted octanol–water partition coefficient (Wildman–Crippen LogP) is 1.59. The second kappa shape index (κ2) is 5.83. The number of aryl methyl sites for hydroxylation is 1. The zero-order chi connectivity index (χ0) is 13.0. The smallest absolute Gasteiger partial charge is 0.224 e. The number of aliphatic hydroxyl groups excluding tert-OH is 1. The Balaban J connectivity index is 1.84. The maximum atomic E-state index is 11.9. The van der Waals surface area contributed by atoms with E-state index in [1.807, 2.05) is 43.3 Å². The molecule has 0 saturated carbocycles. The van der Waals surface area contributed by atoms with Gasteiger partial charge in [-0.05, 0) is 18.9 Å². The first-order valence-corrected chi connectivity index (χ1v) is 6.31. The fraction of sp³-hybridized carbons (Fsp3) is 0.400. The number of rotatable bonds is 4. The Morgan fingerprint density at radius 2 is 2.28 bits per heavy atom. The molecule has 18 heavy (non-hydrogen) atoms. The van der Waals surface area contributed by atoms with Crippen LogP contribution in [0.5, 0.6) is 0 Å². The molecule has 0 spiro atoms. The minimum atomic E-state index is 0.0360. The molecule has 1 amide bonds. The van der Waals surface area contributed by atoms with Gasteiger partial charge in [0.25, 0.3) is 0 Å². The van der Waals surface area contributed by atoms with E-state index in [1.54, 1.807) is 0 Å². The average molecular weight is 245 g/mol. The number of nitrogens with one attached hydrogen (secondary N) is 1. The lowest BCUT2D eigenvalue weighted by atomic mass is 10.1. The topological polar surface area (TPSA) is 49.3 Å². The minimum Gasteiger partial charge on any atom is -0.396 e. The summed E-state index contributed by atoms with van der Waals surface area (Å²) in [7, 11) is 0. The van der Waals surface area contributed by atoms with Gasteiger partial charge in [-0.15, -0.1) is 0 Å². The van der Waals surface area contributed by atoms with E-state index in [0.29, 0.717) is 6.42 Å². The second-order valence-corrected chi connectivity index (χ2v) is 4.90. The van der Waals surface area contributed by atoms with Crippen LogP contribution in [0.3, 0.4) is 0 Å². The lowest BCUT2D eigenvalue weighted by molar-refractivity contribution is -0.120. The van der Waals surface area contributed by atoms with Gasteiger partial charge in [-0.1, -0.05) is 42.0 Å². The van der Waals surface area contributed by atoms with E-state index in [1.165, 1.54) is 5.56 Å². The molecule has 0 heterocycles. The summed E-state index contributed by atoms with van der Waals surface area (Å²) < 4.78 is 0. The molecule has 0 radical (unpaired) electrons. The summed E-state index contributed by atoms with van der Waals surface area (Å²) in [6.07, 6.45) is 5.15. The summed E-state index contributed by atoms with van der Waals surface area (Å²) in [4.78, 5) is 11.9. The normalized spacial score (nSPS) is 22.1. The van der Waals surface area contributed by atoms with E-state index >= 15 is 0 Å². The molecule has 96 valence electrons. The Hall–Kier alpha value is -1.61. The third-order valence-corrected chi connectivity index (χ3v) is 3.20. The molecule has 2 N–H and O–H groups in total. The molecule has 0 fully saturated rings. The van der Waals surface area contributed by atoms with Crippen LogP contribution in [-0.4, -0.2) is 23.7 Å². The molecule has 0 aromatic heterocycles. The van der Waals surface area contributed by atoms with E-state index in [4.69, 9.17) is 5.11 Å². The Morgan fingerprint density at radius 3 is 2.94 bits per heavy atom. The largest absolute Gasteiger partial charge is 0.396 e. The molecule has 0 saturated heterocycles. The van der Waals surface area contributed by atoms with E-state index < -0.39 is 0 Å². The van der Waals surface area contributed by atoms with Crippen LogP contribution in [0.25, 0.3) is 0 Å². The van der Waals surface area contributed by atoms with Crippen LogP contribution in [0.15, 0.2) is 36.4 Å². The third kappa shape index (κ3) is 3.44. The molecule has 0 unspecified atom stereocenters. The highest BCUT2D eigenvalue weighted by Crippen LogP contribution is 2.17. The number of aliphatic hydroxyl groups is 1. The highest BCUT2D eigenvalue weighted by Gasteiger charge is 2.19. The summed E-state index contributed by atoms with van der Waals surface area (Å²) in [5.74, 6) is 0.225. The number of carbonyl (C=O) groups excluding carboxylic acids is 1. The summed E-state index contributed by atoms with van der Waals surface area (Å²) >= 11 is 0. The first-order chi connectivity index (χ1) is 8.67. The van der Waals surface area contributed by atoms with E-state index in [-0.39, 0.29) is 24.5 Å². The second-order valence-electron chi connectivity index (χ2n) is 4.90. The lowest BCUT2D eigenvalue weighted by Gasteiger charge is -2.12. The van der Waals surface area contributed by atoms with Crippen LogP contribution in [0.1, 0.15) is 17.5 Å². The molecule has 1 aliphatic carbocycles. The monoisotopic (exact) mass is 245 g/mol. The summed E-state index contributed by atoms with van der Waals surface area (Å²) in [6.45, 7) is 2.17. The highest BCUT2D eigenvalue weighted by atomic mass is 16.3. The highest BCUT2D eigenvalue weighted by molar-refractivity contribution is 5.79. The van der Waals surface area contributed by atoms with E-state index in [2.05, 4.69) is 5.32 Å². The van der Waals surface area contributed by atoms with Crippen LogP contribution in [0, 0.1) is 12.8 Å². The number of hydrogen-bond donors (Lipinski definition) is 2. The van der Waals surface area contributed by atoms with Gasteiger partial charge in [-0.3, -0.25) is 4.79 Å². The molecule has 3 heteroatoms. The number of hydrogen-bond acceptors (Lipinski definition) is 2. The van der Waals surface area contributed by atoms with Gasteiger partial charge in [0.1, 0.15) is 0 Å². The third-order valence-electron chi connectivity index (χ3n) is 3.20. The van der Waals surface area contributed by atoms with Crippen molar-refractivity contribution in [3.05, 3.63) is 47.5 Å². The van der Waals surface area contributed by atoms with Crippen LogP contribution in [0.4, 0.5) is 0 Å². The molecule has 0 bridgehead atoms. The SMILES string of the molecule is Cc1cccc(CC(=O)N[C@@H]2C=C[C@H](CO)C2)c1. The van der Waals surface area contributed by atoms with Gasteiger partial charge in [0.15, 0.2) is 0 Å². The van der Waals surface area contributed by atoms with Crippen molar-refractivity contribution in [2.75, 3.05) is 6.61 Å². The van der Waals surface area contributed by atoms with Gasteiger partial charge in [0.2, 0.25) is 5.91 Å². The van der Waals surface area contributed by atoms with E-state index in [0.717, 1.165) is 12.0 Å². The van der Waals surface area contributed by atoms with Crippen molar-refractivity contribution in [3.63, 3.8) is 0 Å². The predicted molar refractivity (Wildman–Crippen MR) is 71.1 cm³/mol. The Morgan fingerprint density at radius 1 is 1.44 bits per heavy atom. The van der Waals surface area contributed by atoms with Gasteiger partial charge < -0.3 is 10.4 Å². The maximum absolute atomic E-state index is 11.9.